The zero-order chi connectivity index (χ0) is 15.1. The van der Waals surface area contributed by atoms with Crippen LogP contribution in [0, 0.1) is 0 Å². The molecule has 116 valence electrons. The molecule has 0 aliphatic carbocycles. The van der Waals surface area contributed by atoms with E-state index in [1.54, 1.807) is 0 Å². The molecule has 0 aromatic heterocycles. The monoisotopic (exact) mass is 290 g/mol. The van der Waals surface area contributed by atoms with E-state index in [1.165, 1.54) is 0 Å². The Morgan fingerprint density at radius 1 is 1.33 bits per heavy atom. The van der Waals surface area contributed by atoms with Crippen LogP contribution in [0.1, 0.15) is 42.6 Å². The molecule has 1 N–H and O–H groups in total. The molecule has 1 heterocycles. The fraction of sp³-hybridized carbons (Fsp3) is 0.588. The first-order valence-corrected chi connectivity index (χ1v) is 7.89. The van der Waals surface area contributed by atoms with Gasteiger partial charge in [-0.05, 0) is 25.0 Å². The summed E-state index contributed by atoms with van der Waals surface area (Å²) in [6.07, 6.45) is 2.09. The average Bonchev–Trinajstić information content (AvgIpc) is 2.49. The molecule has 0 saturated carbocycles. The van der Waals surface area contributed by atoms with E-state index in [0.717, 1.165) is 56.8 Å². The maximum absolute atomic E-state index is 12.4. The van der Waals surface area contributed by atoms with Gasteiger partial charge in [-0.25, -0.2) is 0 Å². The molecule has 1 saturated heterocycles. The third-order valence-corrected chi connectivity index (χ3v) is 3.86. The van der Waals surface area contributed by atoms with Crippen LogP contribution >= 0.6 is 0 Å². The molecule has 1 aromatic carbocycles. The largest absolute Gasteiger partial charge is 0.379 e. The lowest BCUT2D eigenvalue weighted by molar-refractivity contribution is 0.0340. The number of hydrogen-bond acceptors (Lipinski definition) is 3. The van der Waals surface area contributed by atoms with Crippen molar-refractivity contribution in [2.75, 3.05) is 26.3 Å². The topological polar surface area (TPSA) is 41.6 Å². The molecule has 0 unspecified atom stereocenters. The minimum Gasteiger partial charge on any atom is -0.379 e. The molecule has 4 nitrogen and oxygen atoms in total. The molecule has 1 aliphatic rings. The van der Waals surface area contributed by atoms with Crippen molar-refractivity contribution in [2.24, 2.45) is 0 Å². The fourth-order valence-electron chi connectivity index (χ4n) is 2.69. The standard InChI is InChI=1S/C17H26N2O2/c1-3-6-14(2)18-17(20)16-8-5-4-7-15(16)13-19-9-11-21-12-10-19/h4-5,7-8,14H,3,6,9-13H2,1-2H3,(H,18,20)/t14-/m1/s1. The zero-order valence-electron chi connectivity index (χ0n) is 13.1. The molecule has 1 fully saturated rings. The maximum atomic E-state index is 12.4. The van der Waals surface area contributed by atoms with Crippen LogP contribution in [0.3, 0.4) is 0 Å². The van der Waals surface area contributed by atoms with Gasteiger partial charge in [0.05, 0.1) is 13.2 Å². The summed E-state index contributed by atoms with van der Waals surface area (Å²) in [6, 6.07) is 8.13. The van der Waals surface area contributed by atoms with Gasteiger partial charge in [-0.3, -0.25) is 9.69 Å². The van der Waals surface area contributed by atoms with Crippen molar-refractivity contribution in [3.05, 3.63) is 35.4 Å². The van der Waals surface area contributed by atoms with Gasteiger partial charge in [-0.15, -0.1) is 0 Å². The Balaban J connectivity index is 2.03. The normalized spacial score (nSPS) is 17.4. The lowest BCUT2D eigenvalue weighted by atomic mass is 10.1. The van der Waals surface area contributed by atoms with Gasteiger partial charge in [0.2, 0.25) is 0 Å². The lowest BCUT2D eigenvalue weighted by Crippen LogP contribution is -2.37. The zero-order valence-corrected chi connectivity index (χ0v) is 13.1. The Labute approximate surface area is 127 Å². The molecule has 0 spiro atoms. The summed E-state index contributed by atoms with van der Waals surface area (Å²) in [5.41, 5.74) is 1.90. The maximum Gasteiger partial charge on any atom is 0.251 e. The van der Waals surface area contributed by atoms with Gasteiger partial charge >= 0.3 is 0 Å². The lowest BCUT2D eigenvalue weighted by Gasteiger charge is -2.27. The summed E-state index contributed by atoms with van der Waals surface area (Å²) < 4.78 is 5.37. The van der Waals surface area contributed by atoms with Crippen LogP contribution in [0.25, 0.3) is 0 Å². The van der Waals surface area contributed by atoms with Crippen LogP contribution in [0.4, 0.5) is 0 Å². The van der Waals surface area contributed by atoms with E-state index in [1.807, 2.05) is 18.2 Å². The van der Waals surface area contributed by atoms with E-state index in [9.17, 15) is 4.79 Å². The Bertz CT molecular complexity index is 456. The van der Waals surface area contributed by atoms with Crippen molar-refractivity contribution in [3.63, 3.8) is 0 Å². The van der Waals surface area contributed by atoms with Crippen molar-refractivity contribution in [2.45, 2.75) is 39.3 Å². The molecule has 0 bridgehead atoms. The number of nitrogens with one attached hydrogen (secondary N) is 1. The first-order valence-electron chi connectivity index (χ1n) is 7.89. The second-order valence-corrected chi connectivity index (χ2v) is 5.71. The van der Waals surface area contributed by atoms with Crippen LogP contribution in [0.15, 0.2) is 24.3 Å². The summed E-state index contributed by atoms with van der Waals surface area (Å²) in [6.45, 7) is 8.43. The summed E-state index contributed by atoms with van der Waals surface area (Å²) in [5.74, 6) is 0.0415. The van der Waals surface area contributed by atoms with Crippen molar-refractivity contribution in [3.8, 4) is 0 Å². The molecular formula is C17H26N2O2. The first-order chi connectivity index (χ1) is 10.2. The van der Waals surface area contributed by atoms with E-state index < -0.39 is 0 Å². The average molecular weight is 290 g/mol. The van der Waals surface area contributed by atoms with Crippen molar-refractivity contribution in [1.82, 2.24) is 10.2 Å². The highest BCUT2D eigenvalue weighted by atomic mass is 16.5. The number of nitrogens with zero attached hydrogens (tertiary/aromatic N) is 1. The molecule has 4 heteroatoms. The summed E-state index contributed by atoms with van der Waals surface area (Å²) >= 11 is 0. The summed E-state index contributed by atoms with van der Waals surface area (Å²) in [5, 5.41) is 3.09. The van der Waals surface area contributed by atoms with Gasteiger partial charge in [0.25, 0.3) is 5.91 Å². The van der Waals surface area contributed by atoms with E-state index in [2.05, 4.69) is 30.1 Å². The SMILES string of the molecule is CCC[C@@H](C)NC(=O)c1ccccc1CN1CCOCC1. The van der Waals surface area contributed by atoms with E-state index in [-0.39, 0.29) is 11.9 Å². The Morgan fingerprint density at radius 2 is 2.05 bits per heavy atom. The summed E-state index contributed by atoms with van der Waals surface area (Å²) in [7, 11) is 0. The van der Waals surface area contributed by atoms with Crippen LogP contribution in [-0.4, -0.2) is 43.2 Å². The third kappa shape index (κ3) is 4.83. The van der Waals surface area contributed by atoms with Gasteiger partial charge in [0, 0.05) is 31.2 Å². The minimum atomic E-state index is 0.0415. The number of carbonyl (C=O) groups is 1. The Kier molecular flexibility index (Phi) is 6.21. The highest BCUT2D eigenvalue weighted by molar-refractivity contribution is 5.95. The van der Waals surface area contributed by atoms with Gasteiger partial charge in [0.1, 0.15) is 0 Å². The Morgan fingerprint density at radius 3 is 2.76 bits per heavy atom. The van der Waals surface area contributed by atoms with E-state index in [0.29, 0.717) is 0 Å². The number of hydrogen-bond donors (Lipinski definition) is 1. The highest BCUT2D eigenvalue weighted by Crippen LogP contribution is 2.13. The van der Waals surface area contributed by atoms with Crippen LogP contribution in [0.5, 0.6) is 0 Å². The summed E-state index contributed by atoms with van der Waals surface area (Å²) in [4.78, 5) is 14.8. The van der Waals surface area contributed by atoms with Gasteiger partial charge < -0.3 is 10.1 Å². The quantitative estimate of drug-likeness (QED) is 0.875. The van der Waals surface area contributed by atoms with Crippen molar-refractivity contribution >= 4 is 5.91 Å². The molecule has 1 aromatic rings. The van der Waals surface area contributed by atoms with Gasteiger partial charge in [0.15, 0.2) is 0 Å². The predicted molar refractivity (Wildman–Crippen MR) is 84.4 cm³/mol. The predicted octanol–water partition coefficient (Wildman–Crippen LogP) is 2.44. The Hall–Kier alpha value is -1.39. The molecule has 21 heavy (non-hydrogen) atoms. The number of carbonyl (C=O) groups excluding carboxylic acids is 1. The van der Waals surface area contributed by atoms with Gasteiger partial charge in [-0.1, -0.05) is 31.5 Å². The van der Waals surface area contributed by atoms with E-state index in [4.69, 9.17) is 4.74 Å². The van der Waals surface area contributed by atoms with Crippen molar-refractivity contribution < 1.29 is 9.53 Å². The number of ether oxygens (including phenoxy) is 1. The second-order valence-electron chi connectivity index (χ2n) is 5.71. The van der Waals surface area contributed by atoms with Crippen LogP contribution in [0.2, 0.25) is 0 Å². The minimum absolute atomic E-state index is 0.0415. The van der Waals surface area contributed by atoms with Gasteiger partial charge in [-0.2, -0.15) is 0 Å². The highest BCUT2D eigenvalue weighted by Gasteiger charge is 2.16. The molecule has 0 radical (unpaired) electrons. The number of morpholine rings is 1. The molecular weight excluding hydrogens is 264 g/mol. The smallest absolute Gasteiger partial charge is 0.251 e. The van der Waals surface area contributed by atoms with E-state index >= 15 is 0 Å². The number of amides is 1. The van der Waals surface area contributed by atoms with Crippen LogP contribution in [-0.2, 0) is 11.3 Å². The third-order valence-electron chi connectivity index (χ3n) is 3.86. The molecule has 1 aliphatic heterocycles. The molecule has 1 amide bonds. The first kappa shape index (κ1) is 16.0. The molecule has 1 atom stereocenters. The van der Waals surface area contributed by atoms with Crippen LogP contribution < -0.4 is 5.32 Å². The second kappa shape index (κ2) is 8.15. The molecule has 2 rings (SSSR count). The number of rotatable bonds is 6. The van der Waals surface area contributed by atoms with Crippen molar-refractivity contribution in [1.29, 1.82) is 0 Å². The fourth-order valence-corrected chi connectivity index (χ4v) is 2.69. The number of benzene rings is 1.